The zero-order valence-corrected chi connectivity index (χ0v) is 18.8. The molecule has 30 heavy (non-hydrogen) atoms. The second-order valence-electron chi connectivity index (χ2n) is 8.53. The summed E-state index contributed by atoms with van der Waals surface area (Å²) in [7, 11) is 0. The average Bonchev–Trinajstić information content (AvgIpc) is 2.78. The fraction of sp³-hybridized carbons (Fsp3) is 0.462. The van der Waals surface area contributed by atoms with Crippen molar-refractivity contribution in [3.8, 4) is 0 Å². The van der Waals surface area contributed by atoms with Crippen molar-refractivity contribution in [1.29, 1.82) is 0 Å². The quantitative estimate of drug-likeness (QED) is 0.592. The molecule has 0 saturated carbocycles. The molecule has 2 amide bonds. The van der Waals surface area contributed by atoms with Crippen LogP contribution in [0, 0.1) is 11.8 Å². The molecule has 2 aromatic carbocycles. The molecule has 4 atom stereocenters. The summed E-state index contributed by atoms with van der Waals surface area (Å²) in [6.45, 7) is 10.2. The van der Waals surface area contributed by atoms with Crippen LogP contribution in [-0.2, 0) is 9.59 Å². The summed E-state index contributed by atoms with van der Waals surface area (Å²) in [6, 6.07) is 17.9. The first-order valence-corrected chi connectivity index (χ1v) is 11.2. The van der Waals surface area contributed by atoms with E-state index in [0.29, 0.717) is 0 Å². The topological polar surface area (TPSA) is 40.6 Å². The van der Waals surface area contributed by atoms with Crippen molar-refractivity contribution in [1.82, 2.24) is 0 Å². The van der Waals surface area contributed by atoms with Gasteiger partial charge in [-0.2, -0.15) is 0 Å². The number of rotatable bonds is 6. The summed E-state index contributed by atoms with van der Waals surface area (Å²) in [5.41, 5.74) is 2.90. The average molecular weight is 407 g/mol. The van der Waals surface area contributed by atoms with Crippen LogP contribution in [0.25, 0.3) is 0 Å². The minimum Gasteiger partial charge on any atom is -0.309 e. The lowest BCUT2D eigenvalue weighted by Crippen LogP contribution is -2.49. The van der Waals surface area contributed by atoms with Crippen LogP contribution in [0.4, 0.5) is 11.4 Å². The fourth-order valence-electron chi connectivity index (χ4n) is 4.24. The van der Waals surface area contributed by atoms with E-state index in [0.717, 1.165) is 36.2 Å². The van der Waals surface area contributed by atoms with E-state index in [4.69, 9.17) is 0 Å². The molecule has 0 bridgehead atoms. The zero-order valence-electron chi connectivity index (χ0n) is 18.8. The third-order valence-corrected chi connectivity index (χ3v) is 6.45. The van der Waals surface area contributed by atoms with Gasteiger partial charge in [-0.1, -0.05) is 64.1 Å². The maximum Gasteiger partial charge on any atom is 0.230 e. The van der Waals surface area contributed by atoms with E-state index in [1.807, 2.05) is 79.1 Å². The number of amides is 2. The number of carbonyl (C=O) groups excluding carboxylic acids is 2. The van der Waals surface area contributed by atoms with Crippen molar-refractivity contribution in [2.75, 3.05) is 9.80 Å². The van der Waals surface area contributed by atoms with Crippen molar-refractivity contribution in [3.63, 3.8) is 0 Å². The Morgan fingerprint density at radius 2 is 1.57 bits per heavy atom. The van der Waals surface area contributed by atoms with Crippen molar-refractivity contribution in [3.05, 3.63) is 60.2 Å². The molecule has 3 rings (SSSR count). The minimum absolute atomic E-state index is 0.0161. The van der Waals surface area contributed by atoms with Crippen LogP contribution in [0.3, 0.4) is 0 Å². The standard InChI is InChI=1S/C26H34N2O2/c1-6-18(3)25(29)27-20(5)17-24(22-15-11-12-16-23(22)27)28(26(30)19(4)7-2)21-13-9-8-10-14-21/h8-16,18-20,24H,6-7,17H2,1-5H3/t18-,19-,20-,24+/m1/s1. The van der Waals surface area contributed by atoms with Crippen molar-refractivity contribution < 1.29 is 9.59 Å². The number of para-hydroxylation sites is 2. The Morgan fingerprint density at radius 1 is 0.967 bits per heavy atom. The second kappa shape index (κ2) is 9.46. The highest BCUT2D eigenvalue weighted by molar-refractivity contribution is 5.99. The molecular weight excluding hydrogens is 372 g/mol. The number of anilines is 2. The molecule has 1 heterocycles. The number of hydrogen-bond donors (Lipinski definition) is 0. The van der Waals surface area contributed by atoms with Gasteiger partial charge in [0.2, 0.25) is 11.8 Å². The fourth-order valence-corrected chi connectivity index (χ4v) is 4.24. The summed E-state index contributed by atoms with van der Waals surface area (Å²) in [5, 5.41) is 0. The normalized spacial score (nSPS) is 20.2. The van der Waals surface area contributed by atoms with Crippen LogP contribution in [0.5, 0.6) is 0 Å². The summed E-state index contributed by atoms with van der Waals surface area (Å²) in [4.78, 5) is 30.6. The van der Waals surface area contributed by atoms with Crippen LogP contribution in [0.15, 0.2) is 54.6 Å². The van der Waals surface area contributed by atoms with Crippen LogP contribution in [-0.4, -0.2) is 17.9 Å². The van der Waals surface area contributed by atoms with Gasteiger partial charge in [0.15, 0.2) is 0 Å². The monoisotopic (exact) mass is 406 g/mol. The number of benzene rings is 2. The first-order chi connectivity index (χ1) is 14.4. The molecule has 1 aliphatic heterocycles. The van der Waals surface area contributed by atoms with E-state index in [2.05, 4.69) is 19.9 Å². The van der Waals surface area contributed by atoms with Crippen LogP contribution in [0.2, 0.25) is 0 Å². The Hall–Kier alpha value is -2.62. The van der Waals surface area contributed by atoms with Gasteiger partial charge in [-0.15, -0.1) is 0 Å². The summed E-state index contributed by atoms with van der Waals surface area (Å²) < 4.78 is 0. The SMILES string of the molecule is CC[C@@H](C)C(=O)N1c2ccccc2[C@@H](N(C(=O)[C@H](C)CC)c2ccccc2)C[C@H]1C. The van der Waals surface area contributed by atoms with Crippen LogP contribution < -0.4 is 9.80 Å². The minimum atomic E-state index is -0.0962. The first kappa shape index (κ1) is 22.1. The molecule has 0 N–H and O–H groups in total. The lowest BCUT2D eigenvalue weighted by molar-refractivity contribution is -0.122. The Morgan fingerprint density at radius 3 is 2.20 bits per heavy atom. The van der Waals surface area contributed by atoms with Gasteiger partial charge in [-0.25, -0.2) is 0 Å². The number of fused-ring (bicyclic) bond motifs is 1. The predicted octanol–water partition coefficient (Wildman–Crippen LogP) is 5.98. The summed E-state index contributed by atoms with van der Waals surface area (Å²) >= 11 is 0. The Balaban J connectivity index is 2.11. The van der Waals surface area contributed by atoms with E-state index < -0.39 is 0 Å². The molecule has 4 nitrogen and oxygen atoms in total. The van der Waals surface area contributed by atoms with Gasteiger partial charge in [0.25, 0.3) is 0 Å². The lowest BCUT2D eigenvalue weighted by atomic mass is 9.88. The van der Waals surface area contributed by atoms with E-state index in [1.165, 1.54) is 0 Å². The number of carbonyl (C=O) groups is 2. The van der Waals surface area contributed by atoms with Gasteiger partial charge in [-0.05, 0) is 49.9 Å². The van der Waals surface area contributed by atoms with Gasteiger partial charge >= 0.3 is 0 Å². The van der Waals surface area contributed by atoms with Crippen molar-refractivity contribution in [2.45, 2.75) is 66.0 Å². The number of hydrogen-bond acceptors (Lipinski definition) is 2. The molecule has 2 aromatic rings. The van der Waals surface area contributed by atoms with Crippen LogP contribution >= 0.6 is 0 Å². The molecule has 0 aliphatic carbocycles. The molecule has 1 aliphatic rings. The van der Waals surface area contributed by atoms with Crippen molar-refractivity contribution in [2.24, 2.45) is 11.8 Å². The maximum atomic E-state index is 13.5. The Kier molecular flexibility index (Phi) is 6.96. The van der Waals surface area contributed by atoms with Gasteiger partial charge in [-0.3, -0.25) is 9.59 Å². The van der Waals surface area contributed by atoms with Gasteiger partial charge in [0.1, 0.15) is 0 Å². The lowest BCUT2D eigenvalue weighted by Gasteiger charge is -2.44. The summed E-state index contributed by atoms with van der Waals surface area (Å²) in [6.07, 6.45) is 2.33. The second-order valence-corrected chi connectivity index (χ2v) is 8.53. The van der Waals surface area contributed by atoms with E-state index in [1.54, 1.807) is 0 Å². The van der Waals surface area contributed by atoms with E-state index in [-0.39, 0.29) is 35.7 Å². The largest absolute Gasteiger partial charge is 0.309 e. The Labute approximate surface area is 180 Å². The third kappa shape index (κ3) is 4.14. The van der Waals surface area contributed by atoms with Crippen LogP contribution in [0.1, 0.15) is 65.5 Å². The highest BCUT2D eigenvalue weighted by Crippen LogP contribution is 2.43. The van der Waals surface area contributed by atoms with E-state index >= 15 is 0 Å². The zero-order chi connectivity index (χ0) is 21.8. The molecule has 0 fully saturated rings. The third-order valence-electron chi connectivity index (χ3n) is 6.45. The Bertz CT molecular complexity index is 880. The molecule has 160 valence electrons. The number of nitrogens with zero attached hydrogens (tertiary/aromatic N) is 2. The predicted molar refractivity (Wildman–Crippen MR) is 124 cm³/mol. The molecule has 0 spiro atoms. The van der Waals surface area contributed by atoms with Gasteiger partial charge < -0.3 is 9.80 Å². The molecular formula is C26H34N2O2. The summed E-state index contributed by atoms with van der Waals surface area (Å²) in [5.74, 6) is 0.212. The highest BCUT2D eigenvalue weighted by atomic mass is 16.2. The van der Waals surface area contributed by atoms with E-state index in [9.17, 15) is 9.59 Å². The van der Waals surface area contributed by atoms with Crippen molar-refractivity contribution >= 4 is 23.2 Å². The maximum absolute atomic E-state index is 13.5. The molecule has 0 unspecified atom stereocenters. The first-order valence-electron chi connectivity index (χ1n) is 11.2. The molecule has 4 heteroatoms. The molecule has 0 saturated heterocycles. The molecule has 0 aromatic heterocycles. The van der Waals surface area contributed by atoms with Gasteiger partial charge in [0.05, 0.1) is 6.04 Å². The smallest absolute Gasteiger partial charge is 0.230 e. The molecule has 0 radical (unpaired) electrons. The van der Waals surface area contributed by atoms with Gasteiger partial charge in [0, 0.05) is 29.3 Å². The highest BCUT2D eigenvalue weighted by Gasteiger charge is 2.39.